The van der Waals surface area contributed by atoms with Crippen LogP contribution in [0, 0.1) is 6.92 Å². The van der Waals surface area contributed by atoms with Gasteiger partial charge in [-0.2, -0.15) is 0 Å². The predicted molar refractivity (Wildman–Crippen MR) is 93.8 cm³/mol. The fourth-order valence-electron chi connectivity index (χ4n) is 3.12. The van der Waals surface area contributed by atoms with Crippen molar-refractivity contribution in [1.82, 2.24) is 10.2 Å². The molecule has 2 fully saturated rings. The Kier molecular flexibility index (Phi) is 6.01. The van der Waals surface area contributed by atoms with Gasteiger partial charge in [-0.25, -0.2) is 0 Å². The number of carbonyl (C=O) groups excluding carboxylic acids is 2. The van der Waals surface area contributed by atoms with Crippen molar-refractivity contribution in [2.24, 2.45) is 0 Å². The number of hydrogen-bond acceptors (Lipinski definition) is 5. The Morgan fingerprint density at radius 3 is 2.76 bits per heavy atom. The highest BCUT2D eigenvalue weighted by atomic mass is 16.5. The minimum atomic E-state index is -0.0814. The number of ether oxygens (including phenoxy) is 2. The van der Waals surface area contributed by atoms with Crippen LogP contribution in [0.5, 0.6) is 0 Å². The molecule has 7 heteroatoms. The molecule has 0 radical (unpaired) electrons. The first-order valence-electron chi connectivity index (χ1n) is 8.73. The van der Waals surface area contributed by atoms with Crippen LogP contribution in [-0.4, -0.2) is 68.8 Å². The van der Waals surface area contributed by atoms with Crippen LogP contribution < -0.4 is 10.6 Å². The van der Waals surface area contributed by atoms with Gasteiger partial charge in [0.2, 0.25) is 5.91 Å². The van der Waals surface area contributed by atoms with E-state index in [0.29, 0.717) is 57.2 Å². The van der Waals surface area contributed by atoms with Gasteiger partial charge in [-0.1, -0.05) is 6.07 Å². The van der Waals surface area contributed by atoms with E-state index in [4.69, 9.17) is 9.47 Å². The van der Waals surface area contributed by atoms with Crippen LogP contribution in [0.4, 0.5) is 5.69 Å². The third kappa shape index (κ3) is 4.56. The lowest BCUT2D eigenvalue weighted by molar-refractivity contribution is -0.117. The van der Waals surface area contributed by atoms with E-state index in [9.17, 15) is 9.59 Å². The maximum Gasteiger partial charge on any atom is 0.254 e. The predicted octanol–water partition coefficient (Wildman–Crippen LogP) is 0.784. The van der Waals surface area contributed by atoms with Crippen molar-refractivity contribution in [3.63, 3.8) is 0 Å². The lowest BCUT2D eigenvalue weighted by atomic mass is 10.0. The van der Waals surface area contributed by atoms with Gasteiger partial charge in [0.1, 0.15) is 0 Å². The molecule has 2 N–H and O–H groups in total. The monoisotopic (exact) mass is 347 g/mol. The quantitative estimate of drug-likeness (QED) is 0.842. The highest BCUT2D eigenvalue weighted by Crippen LogP contribution is 2.21. The summed E-state index contributed by atoms with van der Waals surface area (Å²) in [7, 11) is 0. The van der Waals surface area contributed by atoms with Crippen LogP contribution >= 0.6 is 0 Å². The highest BCUT2D eigenvalue weighted by molar-refractivity contribution is 5.99. The maximum atomic E-state index is 12.7. The third-order valence-electron chi connectivity index (χ3n) is 4.57. The lowest BCUT2D eigenvalue weighted by Gasteiger charge is -2.27. The smallest absolute Gasteiger partial charge is 0.254 e. The second kappa shape index (κ2) is 8.42. The topological polar surface area (TPSA) is 79.9 Å². The second-order valence-corrected chi connectivity index (χ2v) is 6.36. The summed E-state index contributed by atoms with van der Waals surface area (Å²) in [5.41, 5.74) is 2.10. The molecule has 136 valence electrons. The van der Waals surface area contributed by atoms with Crippen LogP contribution in [0.15, 0.2) is 18.2 Å². The molecular weight excluding hydrogens is 322 g/mol. The summed E-state index contributed by atoms with van der Waals surface area (Å²) in [6.45, 7) is 6.19. The summed E-state index contributed by atoms with van der Waals surface area (Å²) in [6, 6.07) is 5.47. The molecule has 3 rings (SSSR count). The number of amides is 2. The molecule has 0 aromatic heterocycles. The second-order valence-electron chi connectivity index (χ2n) is 6.36. The number of nitrogens with zero attached hydrogens (tertiary/aromatic N) is 1. The van der Waals surface area contributed by atoms with Gasteiger partial charge in [-0.3, -0.25) is 9.59 Å². The van der Waals surface area contributed by atoms with Gasteiger partial charge in [0.25, 0.3) is 5.91 Å². The Hall–Kier alpha value is -1.96. The molecule has 0 aliphatic carbocycles. The van der Waals surface area contributed by atoms with E-state index >= 15 is 0 Å². The summed E-state index contributed by atoms with van der Waals surface area (Å²) in [6.07, 6.45) is 0.348. The summed E-state index contributed by atoms with van der Waals surface area (Å²) in [5, 5.41) is 6.19. The molecule has 1 unspecified atom stereocenters. The minimum Gasteiger partial charge on any atom is -0.378 e. The van der Waals surface area contributed by atoms with Gasteiger partial charge in [0.15, 0.2) is 0 Å². The molecule has 7 nitrogen and oxygen atoms in total. The Morgan fingerprint density at radius 2 is 2.04 bits per heavy atom. The Labute approximate surface area is 147 Å². The maximum absolute atomic E-state index is 12.7. The van der Waals surface area contributed by atoms with Gasteiger partial charge in [-0.15, -0.1) is 0 Å². The average molecular weight is 347 g/mol. The Bertz CT molecular complexity index is 623. The van der Waals surface area contributed by atoms with E-state index < -0.39 is 0 Å². The van der Waals surface area contributed by atoms with Gasteiger partial charge < -0.3 is 25.0 Å². The molecule has 2 aliphatic rings. The van der Waals surface area contributed by atoms with Crippen molar-refractivity contribution in [1.29, 1.82) is 0 Å². The molecule has 2 amide bonds. The van der Waals surface area contributed by atoms with E-state index in [1.807, 2.05) is 13.0 Å². The van der Waals surface area contributed by atoms with E-state index in [2.05, 4.69) is 10.6 Å². The number of morpholine rings is 2. The minimum absolute atomic E-state index is 0.0146. The zero-order chi connectivity index (χ0) is 17.6. The van der Waals surface area contributed by atoms with E-state index in [1.165, 1.54) is 0 Å². The van der Waals surface area contributed by atoms with Gasteiger partial charge >= 0.3 is 0 Å². The first-order chi connectivity index (χ1) is 12.1. The van der Waals surface area contributed by atoms with E-state index in [0.717, 1.165) is 12.1 Å². The highest BCUT2D eigenvalue weighted by Gasteiger charge is 2.22. The van der Waals surface area contributed by atoms with Crippen LogP contribution in [-0.2, 0) is 14.3 Å². The van der Waals surface area contributed by atoms with Crippen molar-refractivity contribution in [2.75, 3.05) is 51.4 Å². The number of hydrogen-bond donors (Lipinski definition) is 2. The fraction of sp³-hybridized carbons (Fsp3) is 0.556. The summed E-state index contributed by atoms with van der Waals surface area (Å²) in [4.78, 5) is 26.8. The molecule has 1 aromatic carbocycles. The third-order valence-corrected chi connectivity index (χ3v) is 4.57. The molecule has 0 bridgehead atoms. The Balaban J connectivity index is 1.65. The zero-order valence-corrected chi connectivity index (χ0v) is 14.5. The van der Waals surface area contributed by atoms with Crippen molar-refractivity contribution in [2.45, 2.75) is 19.4 Å². The van der Waals surface area contributed by atoms with Crippen molar-refractivity contribution in [3.8, 4) is 0 Å². The van der Waals surface area contributed by atoms with Gasteiger partial charge in [-0.05, 0) is 24.6 Å². The van der Waals surface area contributed by atoms with Crippen molar-refractivity contribution >= 4 is 17.5 Å². The number of anilines is 1. The first-order valence-corrected chi connectivity index (χ1v) is 8.73. The number of carbonyl (C=O) groups is 2. The van der Waals surface area contributed by atoms with Gasteiger partial charge in [0.05, 0.1) is 26.4 Å². The van der Waals surface area contributed by atoms with Crippen LogP contribution in [0.3, 0.4) is 0 Å². The number of rotatable bonds is 4. The molecule has 0 spiro atoms. The molecular formula is C18H25N3O4. The largest absolute Gasteiger partial charge is 0.378 e. The molecule has 1 atom stereocenters. The summed E-state index contributed by atoms with van der Waals surface area (Å²) in [5.74, 6) is -0.0960. The molecule has 2 heterocycles. The number of nitrogens with one attached hydrogen (secondary N) is 2. The van der Waals surface area contributed by atoms with E-state index in [-0.39, 0.29) is 17.9 Å². The van der Waals surface area contributed by atoms with Gasteiger partial charge in [0, 0.05) is 43.3 Å². The standard InChI is InChI=1S/C18H25N3O4/c1-13-15(18(23)21-6-9-24-10-7-21)3-2-4-16(13)20-17(22)11-14-12-25-8-5-19-14/h2-4,14,19H,5-12H2,1H3,(H,20,22). The molecule has 25 heavy (non-hydrogen) atoms. The van der Waals surface area contributed by atoms with Crippen molar-refractivity contribution < 1.29 is 19.1 Å². The van der Waals surface area contributed by atoms with Crippen LogP contribution in [0.2, 0.25) is 0 Å². The number of benzene rings is 1. The summed E-state index contributed by atoms with van der Waals surface area (Å²) >= 11 is 0. The first kappa shape index (κ1) is 17.8. The summed E-state index contributed by atoms with van der Waals surface area (Å²) < 4.78 is 10.7. The zero-order valence-electron chi connectivity index (χ0n) is 14.5. The van der Waals surface area contributed by atoms with Crippen molar-refractivity contribution in [3.05, 3.63) is 29.3 Å². The lowest BCUT2D eigenvalue weighted by Crippen LogP contribution is -2.43. The Morgan fingerprint density at radius 1 is 1.24 bits per heavy atom. The normalized spacial score (nSPS) is 21.0. The van der Waals surface area contributed by atoms with Crippen LogP contribution in [0.25, 0.3) is 0 Å². The SMILES string of the molecule is Cc1c(NC(=O)CC2COCCN2)cccc1C(=O)N1CCOCC1. The molecule has 2 saturated heterocycles. The molecule has 1 aromatic rings. The fourth-order valence-corrected chi connectivity index (χ4v) is 3.12. The van der Waals surface area contributed by atoms with Crippen LogP contribution in [0.1, 0.15) is 22.3 Å². The van der Waals surface area contributed by atoms with E-state index in [1.54, 1.807) is 17.0 Å². The molecule has 0 saturated carbocycles. The molecule has 2 aliphatic heterocycles. The average Bonchev–Trinajstić information content (AvgIpc) is 2.64.